The van der Waals surface area contributed by atoms with Crippen molar-refractivity contribution in [2.75, 3.05) is 17.7 Å². The monoisotopic (exact) mass is 457 g/mol. The van der Waals surface area contributed by atoms with Crippen LogP contribution in [0.3, 0.4) is 0 Å². The highest BCUT2D eigenvalue weighted by molar-refractivity contribution is 7.98. The minimum Gasteiger partial charge on any atom is -0.352 e. The zero-order chi connectivity index (χ0) is 21.8. The quantitative estimate of drug-likeness (QED) is 0.560. The standard InChI is InChI=1S/C22H27N5O2S2/c1-3-4-12-26-21(29)20-17(11-13-31-20)27-18(24-25-22(26)27)9-10-19(28)23-14-15-5-7-16(30-2)8-6-15/h5-8,11,13,22,25H,3-4,9-10,12,14H2,1-2H3,(H,23,28). The SMILES string of the molecule is CCCCN1C(=O)c2sccc2N2C(CCC(=O)NCc3ccc(SC)cc3)=NNC12. The first-order valence-corrected chi connectivity index (χ1v) is 12.6. The van der Waals surface area contributed by atoms with E-state index in [1.807, 2.05) is 34.7 Å². The Kier molecular flexibility index (Phi) is 6.82. The third-order valence-electron chi connectivity index (χ3n) is 5.46. The molecule has 0 radical (unpaired) electrons. The molecule has 1 aromatic carbocycles. The molecule has 1 aromatic heterocycles. The van der Waals surface area contributed by atoms with E-state index in [2.05, 4.69) is 39.8 Å². The fourth-order valence-electron chi connectivity index (χ4n) is 3.74. The van der Waals surface area contributed by atoms with Crippen molar-refractivity contribution in [1.29, 1.82) is 0 Å². The van der Waals surface area contributed by atoms with Gasteiger partial charge in [-0.05, 0) is 41.8 Å². The maximum absolute atomic E-state index is 12.9. The lowest BCUT2D eigenvalue weighted by atomic mass is 10.1. The van der Waals surface area contributed by atoms with Crippen LogP contribution in [-0.2, 0) is 11.3 Å². The predicted octanol–water partition coefficient (Wildman–Crippen LogP) is 3.83. The fraction of sp³-hybridized carbons (Fsp3) is 0.409. The molecule has 1 atom stereocenters. The number of anilines is 1. The van der Waals surface area contributed by atoms with Crippen molar-refractivity contribution in [2.45, 2.75) is 50.3 Å². The second-order valence-electron chi connectivity index (χ2n) is 7.51. The van der Waals surface area contributed by atoms with Crippen LogP contribution in [0.5, 0.6) is 0 Å². The molecule has 9 heteroatoms. The van der Waals surface area contributed by atoms with Crippen LogP contribution in [0.2, 0.25) is 0 Å². The Labute approximate surface area is 190 Å². The first-order valence-electron chi connectivity index (χ1n) is 10.5. The first-order chi connectivity index (χ1) is 15.1. The molecule has 3 heterocycles. The van der Waals surface area contributed by atoms with E-state index in [9.17, 15) is 9.59 Å². The molecule has 2 amide bonds. The average molecular weight is 458 g/mol. The molecule has 2 N–H and O–H groups in total. The number of unbranched alkanes of at least 4 members (excludes halogenated alkanes) is 1. The van der Waals surface area contributed by atoms with Gasteiger partial charge in [0.25, 0.3) is 5.91 Å². The number of hydrazone groups is 1. The van der Waals surface area contributed by atoms with Crippen LogP contribution in [-0.4, -0.2) is 41.6 Å². The van der Waals surface area contributed by atoms with Gasteiger partial charge in [0.15, 0.2) is 0 Å². The van der Waals surface area contributed by atoms with Gasteiger partial charge in [0.2, 0.25) is 12.2 Å². The molecule has 0 spiro atoms. The summed E-state index contributed by atoms with van der Waals surface area (Å²) in [6.07, 6.45) is 4.54. The Morgan fingerprint density at radius 2 is 2.10 bits per heavy atom. The van der Waals surface area contributed by atoms with Crippen molar-refractivity contribution < 1.29 is 9.59 Å². The predicted molar refractivity (Wildman–Crippen MR) is 126 cm³/mol. The molecule has 0 aliphatic carbocycles. The number of thiophene rings is 1. The summed E-state index contributed by atoms with van der Waals surface area (Å²) >= 11 is 3.16. The second kappa shape index (κ2) is 9.74. The van der Waals surface area contributed by atoms with Gasteiger partial charge in [-0.3, -0.25) is 24.8 Å². The maximum Gasteiger partial charge on any atom is 0.269 e. The lowest BCUT2D eigenvalue weighted by Gasteiger charge is -2.39. The number of rotatable bonds is 9. The molecule has 1 unspecified atom stereocenters. The Morgan fingerprint density at radius 3 is 2.84 bits per heavy atom. The van der Waals surface area contributed by atoms with E-state index in [1.54, 1.807) is 11.8 Å². The Morgan fingerprint density at radius 1 is 1.29 bits per heavy atom. The van der Waals surface area contributed by atoms with Gasteiger partial charge in [0, 0.05) is 30.8 Å². The van der Waals surface area contributed by atoms with E-state index in [0.717, 1.165) is 34.8 Å². The minimum absolute atomic E-state index is 0.0124. The van der Waals surface area contributed by atoms with E-state index in [1.165, 1.54) is 16.2 Å². The average Bonchev–Trinajstić information content (AvgIpc) is 3.44. The maximum atomic E-state index is 12.9. The summed E-state index contributed by atoms with van der Waals surface area (Å²) in [4.78, 5) is 31.2. The molecular weight excluding hydrogens is 430 g/mol. The van der Waals surface area contributed by atoms with Crippen LogP contribution >= 0.6 is 23.1 Å². The molecule has 0 saturated carbocycles. The van der Waals surface area contributed by atoms with Gasteiger partial charge in [0.05, 0.1) is 5.69 Å². The molecule has 0 saturated heterocycles. The van der Waals surface area contributed by atoms with Gasteiger partial charge in [-0.15, -0.1) is 23.1 Å². The second-order valence-corrected chi connectivity index (χ2v) is 9.31. The lowest BCUT2D eigenvalue weighted by molar-refractivity contribution is -0.121. The number of carbonyl (C=O) groups excluding carboxylic acids is 2. The Balaban J connectivity index is 1.36. The number of thioether (sulfide) groups is 1. The molecule has 0 fully saturated rings. The molecule has 2 aliphatic rings. The van der Waals surface area contributed by atoms with E-state index in [4.69, 9.17) is 0 Å². The third-order valence-corrected chi connectivity index (χ3v) is 7.10. The van der Waals surface area contributed by atoms with E-state index >= 15 is 0 Å². The van der Waals surface area contributed by atoms with Gasteiger partial charge in [-0.1, -0.05) is 25.5 Å². The summed E-state index contributed by atoms with van der Waals surface area (Å²) in [5.74, 6) is 0.827. The number of hydrogen-bond donors (Lipinski definition) is 2. The summed E-state index contributed by atoms with van der Waals surface area (Å²) in [5.41, 5.74) is 5.07. The Hall–Kier alpha value is -2.52. The van der Waals surface area contributed by atoms with Crippen LogP contribution in [0.15, 0.2) is 45.7 Å². The molecule has 0 bridgehead atoms. The van der Waals surface area contributed by atoms with Crippen molar-refractivity contribution in [3.8, 4) is 0 Å². The van der Waals surface area contributed by atoms with Crippen molar-refractivity contribution >= 4 is 46.4 Å². The zero-order valence-electron chi connectivity index (χ0n) is 17.8. The van der Waals surface area contributed by atoms with Gasteiger partial charge in [-0.2, -0.15) is 5.10 Å². The number of amides is 2. The molecular formula is C22H27N5O2S2. The van der Waals surface area contributed by atoms with E-state index in [0.29, 0.717) is 25.9 Å². The number of carbonyl (C=O) groups is 2. The van der Waals surface area contributed by atoms with Crippen molar-refractivity contribution in [3.05, 3.63) is 46.2 Å². The van der Waals surface area contributed by atoms with Gasteiger partial charge < -0.3 is 5.32 Å². The number of hydrogen-bond acceptors (Lipinski definition) is 7. The number of amidine groups is 1. The van der Waals surface area contributed by atoms with E-state index in [-0.39, 0.29) is 18.1 Å². The highest BCUT2D eigenvalue weighted by Crippen LogP contribution is 2.36. The van der Waals surface area contributed by atoms with Crippen LogP contribution in [0.1, 0.15) is 47.8 Å². The molecule has 4 rings (SSSR count). The lowest BCUT2D eigenvalue weighted by Crippen LogP contribution is -2.58. The topological polar surface area (TPSA) is 77.0 Å². The molecule has 164 valence electrons. The summed E-state index contributed by atoms with van der Waals surface area (Å²) in [6.45, 7) is 3.31. The molecule has 2 aliphatic heterocycles. The smallest absolute Gasteiger partial charge is 0.269 e. The van der Waals surface area contributed by atoms with Crippen molar-refractivity contribution in [3.63, 3.8) is 0 Å². The largest absolute Gasteiger partial charge is 0.352 e. The number of nitrogens with one attached hydrogen (secondary N) is 2. The highest BCUT2D eigenvalue weighted by atomic mass is 32.2. The summed E-state index contributed by atoms with van der Waals surface area (Å²) in [6, 6.07) is 10.2. The molecule has 7 nitrogen and oxygen atoms in total. The number of fused-ring (bicyclic) bond motifs is 3. The zero-order valence-corrected chi connectivity index (χ0v) is 19.4. The van der Waals surface area contributed by atoms with Crippen molar-refractivity contribution in [1.82, 2.24) is 15.6 Å². The summed E-state index contributed by atoms with van der Waals surface area (Å²) < 4.78 is 0. The van der Waals surface area contributed by atoms with Gasteiger partial charge in [-0.25, -0.2) is 0 Å². The number of nitrogens with zero attached hydrogens (tertiary/aromatic N) is 3. The van der Waals surface area contributed by atoms with Gasteiger partial charge >= 0.3 is 0 Å². The number of benzene rings is 1. The van der Waals surface area contributed by atoms with Crippen LogP contribution in [0.4, 0.5) is 5.69 Å². The van der Waals surface area contributed by atoms with Crippen LogP contribution < -0.4 is 15.6 Å². The minimum atomic E-state index is -0.311. The summed E-state index contributed by atoms with van der Waals surface area (Å²) in [7, 11) is 0. The van der Waals surface area contributed by atoms with E-state index < -0.39 is 0 Å². The summed E-state index contributed by atoms with van der Waals surface area (Å²) in [5, 5.41) is 9.41. The third kappa shape index (κ3) is 4.57. The Bertz CT molecular complexity index is 973. The molecule has 2 aromatic rings. The van der Waals surface area contributed by atoms with Gasteiger partial charge in [0.1, 0.15) is 10.7 Å². The van der Waals surface area contributed by atoms with Crippen molar-refractivity contribution in [2.24, 2.45) is 5.10 Å². The first kappa shape index (κ1) is 21.7. The normalized spacial score (nSPS) is 17.2. The highest BCUT2D eigenvalue weighted by Gasteiger charge is 2.43. The van der Waals surface area contributed by atoms with Crippen LogP contribution in [0, 0.1) is 0 Å². The molecule has 31 heavy (non-hydrogen) atoms. The van der Waals surface area contributed by atoms with Crippen LogP contribution in [0.25, 0.3) is 0 Å². The fourth-order valence-corrected chi connectivity index (χ4v) is 4.99.